The molecule has 74 heavy (non-hydrogen) atoms. The van der Waals surface area contributed by atoms with E-state index in [1.807, 2.05) is 34.9 Å². The van der Waals surface area contributed by atoms with Crippen molar-refractivity contribution in [1.29, 1.82) is 0 Å². The Morgan fingerprint density at radius 1 is 0.946 bits per heavy atom. The molecule has 1 fully saturated rings. The number of ketones is 1. The molecule has 4 unspecified atom stereocenters. The van der Waals surface area contributed by atoms with Crippen molar-refractivity contribution in [1.82, 2.24) is 14.5 Å². The van der Waals surface area contributed by atoms with E-state index in [4.69, 9.17) is 23.9 Å². The van der Waals surface area contributed by atoms with Crippen molar-refractivity contribution in [3.63, 3.8) is 0 Å². The van der Waals surface area contributed by atoms with E-state index in [2.05, 4.69) is 29.0 Å². The number of phenolic OH excluding ortho intramolecular Hbond substituents is 2. The normalized spacial score (nSPS) is 29.5. The minimum absolute atomic E-state index is 0.0143. The van der Waals surface area contributed by atoms with Crippen molar-refractivity contribution < 1.29 is 58.6 Å². The lowest BCUT2D eigenvalue weighted by Gasteiger charge is -2.39. The standard InChI is InChI=1S/C56H70N6O12/c1-28(2)26-60-20-18-56(19-21-60)25-35-41-42-48(67)34(8)51-43(41)52(69)55(9,74-51)72-27-38(71-10)31(5)50(73-40(64)24-39(63)62-23-22-61-37-17-12-11-16-36(37)57-54(61)62)33(7)47(66)32(6)46(65)29(3)14-13-15-30(4)53(70)58-45(49(42)68)44(35)59-56/h11-17,25,28-29,31-33,38,46-47,50,65-68H,18-24,26-27H2,1-10H3,(H,58,70)/b14-13+,30-15-/t29?,31-,32-,33-,38+,46+,47?,50?,55?/m1/s1. The van der Waals surface area contributed by atoms with Crippen LogP contribution in [-0.2, 0) is 35.1 Å². The second kappa shape index (κ2) is 20.2. The van der Waals surface area contributed by atoms with Crippen LogP contribution in [0.15, 0.2) is 53.1 Å². The van der Waals surface area contributed by atoms with Gasteiger partial charge in [-0.05, 0) is 50.8 Å². The zero-order valence-corrected chi connectivity index (χ0v) is 44.0. The lowest BCUT2D eigenvalue weighted by molar-refractivity contribution is -0.179. The fraction of sp³-hybridized carbons (Fsp3) is 0.536. The van der Waals surface area contributed by atoms with Gasteiger partial charge in [0.2, 0.25) is 17.6 Å². The van der Waals surface area contributed by atoms with Gasteiger partial charge in [0.15, 0.2) is 5.75 Å². The number of fused-ring (bicyclic) bond motifs is 16. The molecule has 6 aliphatic rings. The zero-order chi connectivity index (χ0) is 53.3. The van der Waals surface area contributed by atoms with Crippen LogP contribution >= 0.6 is 0 Å². The van der Waals surface area contributed by atoms with Gasteiger partial charge >= 0.3 is 5.97 Å². The maximum absolute atomic E-state index is 15.1. The highest BCUT2D eigenvalue weighted by Crippen LogP contribution is 2.50. The molecule has 0 aliphatic carbocycles. The molecule has 396 valence electrons. The first kappa shape index (κ1) is 52.7. The number of aliphatic hydroxyl groups is 2. The van der Waals surface area contributed by atoms with Gasteiger partial charge in [0.05, 0.1) is 57.8 Å². The number of Topliss-reactive ketones (excluding diaryl/α,β-unsaturated/α-hetero) is 1. The quantitative estimate of drug-likeness (QED) is 0.0949. The summed E-state index contributed by atoms with van der Waals surface area (Å²) in [4.78, 5) is 70.9. The number of hydrogen-bond donors (Lipinski definition) is 5. The fourth-order valence-electron chi connectivity index (χ4n) is 11.7. The number of aromatic hydroxyl groups is 2. The van der Waals surface area contributed by atoms with Crippen molar-refractivity contribution >= 4 is 63.1 Å². The van der Waals surface area contributed by atoms with Gasteiger partial charge in [-0.1, -0.05) is 71.9 Å². The van der Waals surface area contributed by atoms with Gasteiger partial charge in [0.25, 0.3) is 11.7 Å². The van der Waals surface area contributed by atoms with Crippen LogP contribution in [-0.4, -0.2) is 134 Å². The molecular weight excluding hydrogens is 949 g/mol. The van der Waals surface area contributed by atoms with E-state index in [-0.39, 0.29) is 56.6 Å². The summed E-state index contributed by atoms with van der Waals surface area (Å²) >= 11 is 0. The maximum atomic E-state index is 15.1. The minimum atomic E-state index is -2.01. The highest BCUT2D eigenvalue weighted by atomic mass is 16.7. The van der Waals surface area contributed by atoms with Gasteiger partial charge in [-0.25, -0.2) is 4.98 Å². The number of nitrogens with zero attached hydrogens (tertiary/aromatic N) is 5. The van der Waals surface area contributed by atoms with E-state index in [1.165, 1.54) is 18.9 Å². The second-order valence-corrected chi connectivity index (χ2v) is 21.8. The number of aliphatic hydroxyl groups excluding tert-OH is 2. The molecule has 0 saturated carbocycles. The van der Waals surface area contributed by atoms with Crippen LogP contribution in [0.25, 0.3) is 27.9 Å². The summed E-state index contributed by atoms with van der Waals surface area (Å²) in [6.07, 6.45) is 3.08. The van der Waals surface area contributed by atoms with E-state index < -0.39 is 95.2 Å². The van der Waals surface area contributed by atoms with Gasteiger partial charge in [-0.3, -0.25) is 29.1 Å². The van der Waals surface area contributed by atoms with Crippen molar-refractivity contribution in [3.05, 3.63) is 69.8 Å². The van der Waals surface area contributed by atoms with E-state index in [9.17, 15) is 34.8 Å². The monoisotopic (exact) mass is 1020 g/mol. The molecule has 3 aromatic carbocycles. The Balaban J connectivity index is 1.09. The molecule has 6 aliphatic heterocycles. The number of para-hydroxylation sites is 2. The van der Waals surface area contributed by atoms with Crippen LogP contribution in [0, 0.1) is 36.5 Å². The number of benzene rings is 3. The summed E-state index contributed by atoms with van der Waals surface area (Å²) in [7, 11) is 1.44. The number of allylic oxidation sites excluding steroid dienone is 2. The predicted octanol–water partition coefficient (Wildman–Crippen LogP) is 5.21. The molecule has 5 N–H and O–H groups in total. The third-order valence-corrected chi connectivity index (χ3v) is 16.2. The number of hydrogen-bond acceptors (Lipinski definition) is 15. The predicted molar refractivity (Wildman–Crippen MR) is 277 cm³/mol. The number of anilines is 2. The van der Waals surface area contributed by atoms with Gasteiger partial charge in [0, 0.05) is 92.2 Å². The minimum Gasteiger partial charge on any atom is -0.507 e. The molecular formula is C56H70N6O12. The molecule has 0 radical (unpaired) electrons. The number of imidazole rings is 1. The molecule has 7 heterocycles. The van der Waals surface area contributed by atoms with Crippen molar-refractivity contribution in [2.24, 2.45) is 34.6 Å². The van der Waals surface area contributed by atoms with E-state index in [1.54, 1.807) is 59.8 Å². The van der Waals surface area contributed by atoms with Crippen molar-refractivity contribution in [2.75, 3.05) is 50.1 Å². The molecule has 18 heteroatoms. The van der Waals surface area contributed by atoms with Crippen LogP contribution in [0.3, 0.4) is 0 Å². The average molecular weight is 1020 g/mol. The Labute approximate surface area is 430 Å². The number of aromatic nitrogens is 2. The summed E-state index contributed by atoms with van der Waals surface area (Å²) in [6, 6.07) is 7.53. The average Bonchev–Trinajstić information content (AvgIpc) is 4.13. The lowest BCUT2D eigenvalue weighted by atomic mass is 9.78. The fourth-order valence-corrected chi connectivity index (χ4v) is 11.7. The van der Waals surface area contributed by atoms with Crippen LogP contribution < -0.4 is 25.5 Å². The molecule has 1 aromatic heterocycles. The Morgan fingerprint density at radius 3 is 2.36 bits per heavy atom. The lowest BCUT2D eigenvalue weighted by Crippen LogP contribution is -2.49. The SMILES string of the molecule is CO[C@H]1COC2(C)Oc3c(C)c(O)c4c(O)c(c5c(c4c3C2=O)=CC2(CCN(CC(C)C)CC2)N=5)NC(=O)/C(C)=C\C=C\C(C)[C@H](O)[C@@H](C)C(O)[C@@H](C)C(OC(=O)CC(=O)N2CCn3c2nc2ccccc23)[C@@H]1C. The van der Waals surface area contributed by atoms with E-state index >= 15 is 4.79 Å². The molecule has 1 spiro atoms. The van der Waals surface area contributed by atoms with Crippen molar-refractivity contribution in [3.8, 4) is 17.2 Å². The first-order valence-corrected chi connectivity index (χ1v) is 25.9. The Morgan fingerprint density at radius 2 is 1.66 bits per heavy atom. The summed E-state index contributed by atoms with van der Waals surface area (Å²) in [5.41, 5.74) is 1.29. The number of carbonyl (C=O) groups is 4. The third kappa shape index (κ3) is 9.26. The number of phenols is 2. The van der Waals surface area contributed by atoms with Gasteiger partial charge in [0.1, 0.15) is 29.7 Å². The van der Waals surface area contributed by atoms with Crippen LogP contribution in [0.1, 0.15) is 90.6 Å². The number of methoxy groups -OCH3 is 1. The largest absolute Gasteiger partial charge is 0.507 e. The van der Waals surface area contributed by atoms with E-state index in [0.717, 1.165) is 30.7 Å². The summed E-state index contributed by atoms with van der Waals surface area (Å²) in [5.74, 6) is -7.41. The molecule has 18 nitrogen and oxygen atoms in total. The third-order valence-electron chi connectivity index (χ3n) is 16.2. The van der Waals surface area contributed by atoms with Crippen LogP contribution in [0.2, 0.25) is 0 Å². The number of nitrogens with one attached hydrogen (secondary N) is 1. The number of amides is 2. The van der Waals surface area contributed by atoms with E-state index in [0.29, 0.717) is 43.0 Å². The Hall–Kier alpha value is -6.18. The Bertz CT molecular complexity index is 3120. The van der Waals surface area contributed by atoms with Gasteiger partial charge in [-0.15, -0.1) is 0 Å². The first-order chi connectivity index (χ1) is 35.1. The molecule has 2 amide bonds. The molecule has 10 rings (SSSR count). The highest BCUT2D eigenvalue weighted by Gasteiger charge is 2.51. The smallest absolute Gasteiger partial charge is 0.315 e. The Kier molecular flexibility index (Phi) is 14.4. The number of likely N-dealkylation sites (tertiary alicyclic amines) is 1. The number of ether oxygens (including phenoxy) is 4. The summed E-state index contributed by atoms with van der Waals surface area (Å²) < 4.78 is 27.1. The number of piperidine rings is 1. The van der Waals surface area contributed by atoms with Crippen LogP contribution in [0.5, 0.6) is 17.2 Å². The van der Waals surface area contributed by atoms with Gasteiger partial charge < -0.3 is 54.2 Å². The number of rotatable bonds is 6. The number of carbonyl (C=O) groups excluding carboxylic acids is 4. The van der Waals surface area contributed by atoms with Gasteiger partial charge in [-0.2, -0.15) is 0 Å². The summed E-state index contributed by atoms with van der Waals surface area (Å²) in [5, 5.41) is 51.8. The molecule has 5 bridgehead atoms. The molecule has 4 aromatic rings. The molecule has 1 saturated heterocycles. The van der Waals surface area contributed by atoms with Crippen molar-refractivity contribution in [2.45, 2.75) is 124 Å². The summed E-state index contributed by atoms with van der Waals surface area (Å²) in [6.45, 7) is 18.8. The van der Waals surface area contributed by atoms with Crippen LogP contribution in [0.4, 0.5) is 11.6 Å². The molecule has 9 atom stereocenters. The zero-order valence-electron chi connectivity index (χ0n) is 44.0. The highest BCUT2D eigenvalue weighted by molar-refractivity contribution is 6.20. The number of esters is 1. The topological polar surface area (TPSA) is 235 Å². The second-order valence-electron chi connectivity index (χ2n) is 21.8. The maximum Gasteiger partial charge on any atom is 0.315 e. The first-order valence-electron chi connectivity index (χ1n) is 25.9.